The summed E-state index contributed by atoms with van der Waals surface area (Å²) in [4.78, 5) is 0. The van der Waals surface area contributed by atoms with E-state index in [1.165, 1.54) is 12.1 Å². The van der Waals surface area contributed by atoms with Gasteiger partial charge in [0.05, 0.1) is 4.47 Å². The fourth-order valence-corrected chi connectivity index (χ4v) is 1.82. The molecule has 1 saturated heterocycles. The maximum Gasteiger partial charge on any atom is 0.136 e. The van der Waals surface area contributed by atoms with Gasteiger partial charge < -0.3 is 10.1 Å². The Morgan fingerprint density at radius 2 is 2.27 bits per heavy atom. The second-order valence-corrected chi connectivity index (χ2v) is 4.16. The molecule has 1 aromatic rings. The van der Waals surface area contributed by atoms with Gasteiger partial charge in [-0.25, -0.2) is 4.39 Å². The van der Waals surface area contributed by atoms with Crippen molar-refractivity contribution >= 4 is 28.3 Å². The summed E-state index contributed by atoms with van der Waals surface area (Å²) in [6, 6.07) is 4.47. The number of nitrogens with one attached hydrogen (secondary N) is 1. The SMILES string of the molecule is Cl.Fc1ccc(Br)c(O[C@H]2CCNC2)c1. The minimum absolute atomic E-state index is 0. The third-order valence-corrected chi connectivity index (χ3v) is 2.86. The van der Waals surface area contributed by atoms with Gasteiger partial charge in [-0.05, 0) is 41.0 Å². The van der Waals surface area contributed by atoms with Crippen molar-refractivity contribution in [2.45, 2.75) is 12.5 Å². The summed E-state index contributed by atoms with van der Waals surface area (Å²) in [5, 5.41) is 3.19. The molecule has 1 aliphatic rings. The van der Waals surface area contributed by atoms with Gasteiger partial charge in [0.1, 0.15) is 17.7 Å². The van der Waals surface area contributed by atoms with E-state index >= 15 is 0 Å². The Kier molecular flexibility index (Phi) is 4.83. The van der Waals surface area contributed by atoms with Gasteiger partial charge >= 0.3 is 0 Å². The summed E-state index contributed by atoms with van der Waals surface area (Å²) in [5.41, 5.74) is 0. The predicted molar refractivity (Wildman–Crippen MR) is 63.3 cm³/mol. The fourth-order valence-electron chi connectivity index (χ4n) is 1.48. The molecule has 1 fully saturated rings. The molecule has 0 bridgehead atoms. The molecule has 84 valence electrons. The molecule has 1 N–H and O–H groups in total. The smallest absolute Gasteiger partial charge is 0.136 e. The molecule has 1 aliphatic heterocycles. The number of hydrogen-bond acceptors (Lipinski definition) is 2. The molecule has 0 unspecified atom stereocenters. The first-order valence-corrected chi connectivity index (χ1v) is 5.37. The molecular formula is C10H12BrClFNO. The molecule has 1 aromatic carbocycles. The third kappa shape index (κ3) is 3.33. The average molecular weight is 297 g/mol. The van der Waals surface area contributed by atoms with Crippen LogP contribution >= 0.6 is 28.3 Å². The number of halogens is 3. The highest BCUT2D eigenvalue weighted by atomic mass is 79.9. The van der Waals surface area contributed by atoms with Crippen molar-refractivity contribution < 1.29 is 9.13 Å². The van der Waals surface area contributed by atoms with E-state index in [9.17, 15) is 4.39 Å². The Bertz CT molecular complexity index is 331. The van der Waals surface area contributed by atoms with E-state index in [-0.39, 0.29) is 24.3 Å². The average Bonchev–Trinajstić information content (AvgIpc) is 2.64. The van der Waals surface area contributed by atoms with Crippen LogP contribution in [0.25, 0.3) is 0 Å². The largest absolute Gasteiger partial charge is 0.488 e. The first kappa shape index (κ1) is 12.7. The molecule has 2 nitrogen and oxygen atoms in total. The monoisotopic (exact) mass is 295 g/mol. The van der Waals surface area contributed by atoms with Crippen molar-refractivity contribution in [2.24, 2.45) is 0 Å². The molecule has 0 saturated carbocycles. The molecule has 1 atom stereocenters. The summed E-state index contributed by atoms with van der Waals surface area (Å²) in [6.07, 6.45) is 1.14. The number of ether oxygens (including phenoxy) is 1. The van der Waals surface area contributed by atoms with Crippen LogP contribution < -0.4 is 10.1 Å². The molecule has 0 aliphatic carbocycles. The highest BCUT2D eigenvalue weighted by molar-refractivity contribution is 9.10. The Labute approximate surface area is 103 Å². The van der Waals surface area contributed by atoms with Crippen molar-refractivity contribution in [3.05, 3.63) is 28.5 Å². The lowest BCUT2D eigenvalue weighted by Crippen LogP contribution is -2.19. The molecule has 0 spiro atoms. The van der Waals surface area contributed by atoms with Crippen molar-refractivity contribution in [2.75, 3.05) is 13.1 Å². The zero-order valence-corrected chi connectivity index (χ0v) is 10.4. The minimum Gasteiger partial charge on any atom is -0.488 e. The third-order valence-electron chi connectivity index (χ3n) is 2.20. The van der Waals surface area contributed by atoms with Gasteiger partial charge in [0.2, 0.25) is 0 Å². The maximum atomic E-state index is 12.9. The van der Waals surface area contributed by atoms with Crippen LogP contribution in [0.2, 0.25) is 0 Å². The van der Waals surface area contributed by atoms with Crippen LogP contribution in [0, 0.1) is 5.82 Å². The van der Waals surface area contributed by atoms with E-state index in [2.05, 4.69) is 21.2 Å². The Morgan fingerprint density at radius 1 is 1.47 bits per heavy atom. The van der Waals surface area contributed by atoms with Crippen LogP contribution in [-0.2, 0) is 0 Å². The Morgan fingerprint density at radius 3 is 2.93 bits per heavy atom. The van der Waals surface area contributed by atoms with Crippen LogP contribution in [0.15, 0.2) is 22.7 Å². The highest BCUT2D eigenvalue weighted by Gasteiger charge is 2.17. The van der Waals surface area contributed by atoms with Gasteiger partial charge in [-0.2, -0.15) is 0 Å². The topological polar surface area (TPSA) is 21.3 Å². The molecule has 0 radical (unpaired) electrons. The van der Waals surface area contributed by atoms with Gasteiger partial charge in [0, 0.05) is 12.6 Å². The van der Waals surface area contributed by atoms with Crippen LogP contribution in [-0.4, -0.2) is 19.2 Å². The molecule has 2 rings (SSSR count). The summed E-state index contributed by atoms with van der Waals surface area (Å²) in [5.74, 6) is 0.313. The highest BCUT2D eigenvalue weighted by Crippen LogP contribution is 2.27. The second kappa shape index (κ2) is 5.68. The Balaban J connectivity index is 0.00000112. The van der Waals surface area contributed by atoms with Crippen LogP contribution in [0.5, 0.6) is 5.75 Å². The minimum atomic E-state index is -0.269. The lowest BCUT2D eigenvalue weighted by molar-refractivity contribution is 0.220. The first-order valence-electron chi connectivity index (χ1n) is 4.58. The zero-order chi connectivity index (χ0) is 9.97. The van der Waals surface area contributed by atoms with E-state index in [1.54, 1.807) is 6.07 Å². The molecular weight excluding hydrogens is 284 g/mol. The van der Waals surface area contributed by atoms with Crippen molar-refractivity contribution in [1.82, 2.24) is 5.32 Å². The lowest BCUT2D eigenvalue weighted by atomic mass is 10.3. The van der Waals surface area contributed by atoms with Crippen molar-refractivity contribution in [3.63, 3.8) is 0 Å². The molecule has 0 amide bonds. The zero-order valence-electron chi connectivity index (χ0n) is 8.00. The molecule has 1 heterocycles. The maximum absolute atomic E-state index is 12.9. The molecule has 15 heavy (non-hydrogen) atoms. The van der Waals surface area contributed by atoms with E-state index in [4.69, 9.17) is 4.74 Å². The van der Waals surface area contributed by atoms with Crippen LogP contribution in [0.1, 0.15) is 6.42 Å². The summed E-state index contributed by atoms with van der Waals surface area (Å²) in [6.45, 7) is 1.81. The predicted octanol–water partition coefficient (Wildman–Crippen LogP) is 2.75. The molecule has 0 aromatic heterocycles. The van der Waals surface area contributed by atoms with Crippen molar-refractivity contribution in [3.8, 4) is 5.75 Å². The van der Waals surface area contributed by atoms with Crippen molar-refractivity contribution in [1.29, 1.82) is 0 Å². The first-order chi connectivity index (χ1) is 6.75. The fraction of sp³-hybridized carbons (Fsp3) is 0.400. The number of rotatable bonds is 2. The quantitative estimate of drug-likeness (QED) is 0.906. The van der Waals surface area contributed by atoms with Gasteiger partial charge in [0.25, 0.3) is 0 Å². The normalized spacial score (nSPS) is 19.7. The van der Waals surface area contributed by atoms with Gasteiger partial charge in [-0.3, -0.25) is 0 Å². The van der Waals surface area contributed by atoms with Gasteiger partial charge in [-0.15, -0.1) is 12.4 Å². The number of benzene rings is 1. The lowest BCUT2D eigenvalue weighted by Gasteiger charge is -2.13. The molecule has 5 heteroatoms. The van der Waals surface area contributed by atoms with Crippen LogP contribution in [0.4, 0.5) is 4.39 Å². The number of hydrogen-bond donors (Lipinski definition) is 1. The summed E-state index contributed by atoms with van der Waals surface area (Å²) < 4.78 is 19.3. The summed E-state index contributed by atoms with van der Waals surface area (Å²) in [7, 11) is 0. The van der Waals surface area contributed by atoms with Gasteiger partial charge in [0.15, 0.2) is 0 Å². The second-order valence-electron chi connectivity index (χ2n) is 3.31. The standard InChI is InChI=1S/C10H11BrFNO.ClH/c11-9-2-1-7(12)5-10(9)14-8-3-4-13-6-8;/h1-2,5,8,13H,3-4,6H2;1H/t8-;/m0./s1. The Hall–Kier alpha value is -0.320. The van der Waals surface area contributed by atoms with E-state index in [1.807, 2.05) is 0 Å². The van der Waals surface area contributed by atoms with E-state index in [0.29, 0.717) is 5.75 Å². The van der Waals surface area contributed by atoms with E-state index < -0.39 is 0 Å². The van der Waals surface area contributed by atoms with E-state index in [0.717, 1.165) is 24.0 Å². The summed E-state index contributed by atoms with van der Waals surface area (Å²) >= 11 is 3.33. The van der Waals surface area contributed by atoms with Crippen LogP contribution in [0.3, 0.4) is 0 Å². The van der Waals surface area contributed by atoms with Gasteiger partial charge in [-0.1, -0.05) is 0 Å².